The molecule has 0 saturated carbocycles. The first-order valence-electron chi connectivity index (χ1n) is 5.36. The molecule has 6 nitrogen and oxygen atoms in total. The van der Waals surface area contributed by atoms with Crippen molar-refractivity contribution in [2.24, 2.45) is 5.73 Å². The molecular formula is C9H20NO5P. The van der Waals surface area contributed by atoms with Crippen molar-refractivity contribution in [3.63, 3.8) is 0 Å². The summed E-state index contributed by atoms with van der Waals surface area (Å²) in [5.74, 6) is -0.985. The molecule has 1 unspecified atom stereocenters. The Morgan fingerprint density at radius 3 is 2.12 bits per heavy atom. The Morgan fingerprint density at radius 2 is 1.62 bits per heavy atom. The lowest BCUT2D eigenvalue weighted by Gasteiger charge is -2.06. The van der Waals surface area contributed by atoms with Crippen molar-refractivity contribution in [2.45, 2.75) is 44.6 Å². The number of carboxylic acids is 1. The zero-order valence-corrected chi connectivity index (χ0v) is 10.1. The zero-order valence-electron chi connectivity index (χ0n) is 9.21. The summed E-state index contributed by atoms with van der Waals surface area (Å²) in [5.41, 5.74) is 5.31. The number of rotatable bonds is 9. The normalized spacial score (nSPS) is 13.7. The molecule has 0 fully saturated rings. The molecule has 0 aromatic rings. The average Bonchev–Trinajstić information content (AvgIpc) is 2.14. The third-order valence-corrected chi connectivity index (χ3v) is 3.18. The summed E-state index contributed by atoms with van der Waals surface area (Å²) in [4.78, 5) is 27.5. The van der Waals surface area contributed by atoms with Crippen LogP contribution in [0.2, 0.25) is 0 Å². The predicted octanol–water partition coefficient (Wildman–Crippen LogP) is 0.917. The number of carboxylic acid groups (broad SMARTS) is 1. The SMILES string of the molecule is NC(CCCCCCCP(=O)(O)O)C(=O)O. The van der Waals surface area contributed by atoms with E-state index in [0.717, 1.165) is 25.7 Å². The van der Waals surface area contributed by atoms with Crippen molar-refractivity contribution in [1.29, 1.82) is 0 Å². The van der Waals surface area contributed by atoms with Gasteiger partial charge in [-0.15, -0.1) is 0 Å². The maximum absolute atomic E-state index is 10.5. The molecule has 0 heterocycles. The van der Waals surface area contributed by atoms with Gasteiger partial charge < -0.3 is 20.6 Å². The quantitative estimate of drug-likeness (QED) is 0.358. The lowest BCUT2D eigenvalue weighted by Crippen LogP contribution is -2.29. The highest BCUT2D eigenvalue weighted by molar-refractivity contribution is 7.51. The van der Waals surface area contributed by atoms with Crippen molar-refractivity contribution in [2.75, 3.05) is 6.16 Å². The van der Waals surface area contributed by atoms with Crippen LogP contribution in [0.1, 0.15) is 38.5 Å². The van der Waals surface area contributed by atoms with Crippen molar-refractivity contribution in [3.8, 4) is 0 Å². The summed E-state index contributed by atoms with van der Waals surface area (Å²) < 4.78 is 10.5. The van der Waals surface area contributed by atoms with Gasteiger partial charge in [-0.1, -0.05) is 25.7 Å². The van der Waals surface area contributed by atoms with Gasteiger partial charge in [-0.05, 0) is 12.8 Å². The number of unbranched alkanes of at least 4 members (excludes halogenated alkanes) is 4. The van der Waals surface area contributed by atoms with Crippen molar-refractivity contribution < 1.29 is 24.3 Å². The fourth-order valence-corrected chi connectivity index (χ4v) is 1.97. The van der Waals surface area contributed by atoms with Gasteiger partial charge in [-0.2, -0.15) is 0 Å². The first kappa shape index (κ1) is 15.6. The number of hydrogen-bond donors (Lipinski definition) is 4. The molecule has 0 aromatic heterocycles. The Kier molecular flexibility index (Phi) is 7.58. The van der Waals surface area contributed by atoms with E-state index in [2.05, 4.69) is 0 Å². The molecule has 5 N–H and O–H groups in total. The van der Waals surface area contributed by atoms with Gasteiger partial charge in [0.1, 0.15) is 6.04 Å². The molecule has 7 heteroatoms. The molecular weight excluding hydrogens is 233 g/mol. The maximum atomic E-state index is 10.5. The van der Waals surface area contributed by atoms with E-state index in [9.17, 15) is 9.36 Å². The first-order chi connectivity index (χ1) is 7.33. The average molecular weight is 253 g/mol. The molecule has 16 heavy (non-hydrogen) atoms. The van der Waals surface area contributed by atoms with E-state index in [4.69, 9.17) is 20.6 Å². The van der Waals surface area contributed by atoms with Crippen LogP contribution in [0.25, 0.3) is 0 Å². The van der Waals surface area contributed by atoms with Crippen LogP contribution in [0.3, 0.4) is 0 Å². The molecule has 0 rings (SSSR count). The summed E-state index contributed by atoms with van der Waals surface area (Å²) in [6.07, 6.45) is 4.09. The van der Waals surface area contributed by atoms with Crippen LogP contribution in [-0.2, 0) is 9.36 Å². The van der Waals surface area contributed by atoms with E-state index in [1.54, 1.807) is 0 Å². The Balaban J connectivity index is 3.28. The number of nitrogens with two attached hydrogens (primary N) is 1. The van der Waals surface area contributed by atoms with Crippen LogP contribution in [0.5, 0.6) is 0 Å². The van der Waals surface area contributed by atoms with Gasteiger partial charge >= 0.3 is 13.6 Å². The largest absolute Gasteiger partial charge is 0.480 e. The molecule has 0 saturated heterocycles. The molecule has 0 radical (unpaired) electrons. The highest BCUT2D eigenvalue weighted by Crippen LogP contribution is 2.35. The van der Waals surface area contributed by atoms with Gasteiger partial charge in [-0.25, -0.2) is 0 Å². The highest BCUT2D eigenvalue weighted by Gasteiger charge is 2.12. The molecule has 0 spiro atoms. The fourth-order valence-electron chi connectivity index (χ4n) is 1.34. The van der Waals surface area contributed by atoms with E-state index in [1.165, 1.54) is 0 Å². The number of carbonyl (C=O) groups is 1. The van der Waals surface area contributed by atoms with Crippen molar-refractivity contribution in [1.82, 2.24) is 0 Å². The van der Waals surface area contributed by atoms with Crippen LogP contribution in [0, 0.1) is 0 Å². The minimum atomic E-state index is -3.85. The van der Waals surface area contributed by atoms with E-state index in [1.807, 2.05) is 0 Å². The van der Waals surface area contributed by atoms with E-state index in [-0.39, 0.29) is 6.16 Å². The molecule has 0 aromatic carbocycles. The van der Waals surface area contributed by atoms with Crippen molar-refractivity contribution >= 4 is 13.6 Å². The number of hydrogen-bond acceptors (Lipinski definition) is 3. The minimum Gasteiger partial charge on any atom is -0.480 e. The van der Waals surface area contributed by atoms with E-state index < -0.39 is 19.6 Å². The van der Waals surface area contributed by atoms with Gasteiger partial charge in [0.2, 0.25) is 0 Å². The maximum Gasteiger partial charge on any atom is 0.325 e. The summed E-state index contributed by atoms with van der Waals surface area (Å²) in [6.45, 7) is 0. The van der Waals surface area contributed by atoms with Gasteiger partial charge in [0.05, 0.1) is 0 Å². The highest BCUT2D eigenvalue weighted by atomic mass is 31.2. The summed E-state index contributed by atoms with van der Waals surface area (Å²) >= 11 is 0. The second-order valence-corrected chi connectivity index (χ2v) is 5.67. The Bertz CT molecular complexity index is 252. The van der Waals surface area contributed by atoms with Crippen LogP contribution in [-0.4, -0.2) is 33.1 Å². The van der Waals surface area contributed by atoms with Crippen molar-refractivity contribution in [3.05, 3.63) is 0 Å². The molecule has 0 aliphatic rings. The van der Waals surface area contributed by atoms with Crippen LogP contribution >= 0.6 is 7.60 Å². The van der Waals surface area contributed by atoms with Gasteiger partial charge in [-0.3, -0.25) is 9.36 Å². The zero-order chi connectivity index (χ0) is 12.6. The lowest BCUT2D eigenvalue weighted by atomic mass is 10.1. The lowest BCUT2D eigenvalue weighted by molar-refractivity contribution is -0.138. The molecule has 1 atom stereocenters. The van der Waals surface area contributed by atoms with E-state index >= 15 is 0 Å². The second-order valence-electron chi connectivity index (χ2n) is 3.89. The molecule has 0 aliphatic carbocycles. The monoisotopic (exact) mass is 253 g/mol. The Labute approximate surface area is 95.0 Å². The smallest absolute Gasteiger partial charge is 0.325 e. The van der Waals surface area contributed by atoms with E-state index in [0.29, 0.717) is 12.8 Å². The van der Waals surface area contributed by atoms with Gasteiger partial charge in [0.15, 0.2) is 0 Å². The topological polar surface area (TPSA) is 121 Å². The molecule has 0 aliphatic heterocycles. The third-order valence-electron chi connectivity index (χ3n) is 2.28. The standard InChI is InChI=1S/C9H20NO5P/c10-8(9(11)12)6-4-2-1-3-5-7-16(13,14)15/h8H,1-7,10H2,(H,11,12)(H2,13,14,15). The first-order valence-corrected chi connectivity index (χ1v) is 7.15. The molecule has 0 bridgehead atoms. The second kappa shape index (κ2) is 7.79. The Hall–Kier alpha value is -0.420. The summed E-state index contributed by atoms with van der Waals surface area (Å²) in [7, 11) is -3.85. The van der Waals surface area contributed by atoms with Crippen LogP contribution < -0.4 is 5.73 Å². The number of aliphatic carboxylic acids is 1. The van der Waals surface area contributed by atoms with Gasteiger partial charge in [0, 0.05) is 6.16 Å². The van der Waals surface area contributed by atoms with Crippen LogP contribution in [0.4, 0.5) is 0 Å². The van der Waals surface area contributed by atoms with Crippen LogP contribution in [0.15, 0.2) is 0 Å². The Morgan fingerprint density at radius 1 is 1.12 bits per heavy atom. The molecule has 96 valence electrons. The third kappa shape index (κ3) is 10.1. The van der Waals surface area contributed by atoms with Gasteiger partial charge in [0.25, 0.3) is 0 Å². The minimum absolute atomic E-state index is 0.0678. The summed E-state index contributed by atoms with van der Waals surface area (Å²) in [5, 5.41) is 8.50. The fraction of sp³-hybridized carbons (Fsp3) is 0.889. The summed E-state index contributed by atoms with van der Waals surface area (Å²) in [6, 6.07) is -0.796. The predicted molar refractivity (Wildman–Crippen MR) is 60.2 cm³/mol. The molecule has 0 amide bonds.